The van der Waals surface area contributed by atoms with Crippen molar-refractivity contribution in [2.45, 2.75) is 33.1 Å². The summed E-state index contributed by atoms with van der Waals surface area (Å²) in [7, 11) is 0. The molecule has 0 saturated carbocycles. The maximum Gasteiger partial charge on any atom is 0.310 e. The number of Topliss-reactive ketones (excluding diaryl/α,β-unsaturated/α-hetero) is 1. The molecule has 0 aliphatic rings. The number of rotatable bonds is 5. The van der Waals surface area contributed by atoms with Gasteiger partial charge in [-0.05, 0) is 30.7 Å². The number of hydrogen-bond donors (Lipinski definition) is 0. The molecule has 0 bridgehead atoms. The third kappa shape index (κ3) is 3.50. The highest BCUT2D eigenvalue weighted by Gasteiger charge is 2.05. The number of carbonyl (C=O) groups excluding carboxylic acids is 2. The lowest BCUT2D eigenvalue weighted by atomic mass is 10.1. The molecule has 0 atom stereocenters. The van der Waals surface area contributed by atoms with E-state index < -0.39 is 0 Å². The first kappa shape index (κ1) is 12.4. The zero-order chi connectivity index (χ0) is 12.0. The summed E-state index contributed by atoms with van der Waals surface area (Å²) in [4.78, 5) is 22.5. The van der Waals surface area contributed by atoms with Crippen LogP contribution in [0.5, 0.6) is 5.75 Å². The first-order valence-corrected chi connectivity index (χ1v) is 5.51. The molecular formula is C13H16O3. The van der Waals surface area contributed by atoms with Gasteiger partial charge in [-0.2, -0.15) is 0 Å². The van der Waals surface area contributed by atoms with Gasteiger partial charge < -0.3 is 4.74 Å². The van der Waals surface area contributed by atoms with Crippen LogP contribution in [0.3, 0.4) is 0 Å². The van der Waals surface area contributed by atoms with Gasteiger partial charge in [0.25, 0.3) is 0 Å². The minimum absolute atomic E-state index is 0.121. The molecule has 0 aliphatic heterocycles. The Morgan fingerprint density at radius 2 is 1.75 bits per heavy atom. The normalized spacial score (nSPS) is 9.88. The molecule has 3 heteroatoms. The minimum Gasteiger partial charge on any atom is -0.427 e. The molecule has 0 saturated heterocycles. The van der Waals surface area contributed by atoms with E-state index >= 15 is 0 Å². The van der Waals surface area contributed by atoms with Gasteiger partial charge in [-0.25, -0.2) is 0 Å². The number of ketones is 1. The lowest BCUT2D eigenvalue weighted by Crippen LogP contribution is -2.05. The second-order valence-corrected chi connectivity index (χ2v) is 3.53. The van der Waals surface area contributed by atoms with Crippen molar-refractivity contribution in [2.24, 2.45) is 0 Å². The van der Waals surface area contributed by atoms with Crippen LogP contribution in [0.2, 0.25) is 0 Å². The van der Waals surface area contributed by atoms with Crippen molar-refractivity contribution in [3.05, 3.63) is 29.8 Å². The van der Waals surface area contributed by atoms with E-state index in [9.17, 15) is 9.59 Å². The van der Waals surface area contributed by atoms with E-state index in [4.69, 9.17) is 4.74 Å². The van der Waals surface area contributed by atoms with Crippen molar-refractivity contribution in [3.8, 4) is 5.75 Å². The maximum absolute atomic E-state index is 11.5. The van der Waals surface area contributed by atoms with Crippen LogP contribution in [0.1, 0.15) is 43.5 Å². The standard InChI is InChI=1S/C13H16O3/c1-3-5-12(14)10-6-8-11(9-7-10)16-13(15)4-2/h6-9H,3-5H2,1-2H3. The molecular weight excluding hydrogens is 204 g/mol. The van der Waals surface area contributed by atoms with E-state index in [1.807, 2.05) is 6.92 Å². The lowest BCUT2D eigenvalue weighted by molar-refractivity contribution is -0.134. The summed E-state index contributed by atoms with van der Waals surface area (Å²) in [5.74, 6) is 0.336. The number of esters is 1. The third-order valence-electron chi connectivity index (χ3n) is 2.17. The van der Waals surface area contributed by atoms with E-state index in [2.05, 4.69) is 0 Å². The van der Waals surface area contributed by atoms with Crippen LogP contribution >= 0.6 is 0 Å². The fraction of sp³-hybridized carbons (Fsp3) is 0.385. The largest absolute Gasteiger partial charge is 0.427 e. The number of hydrogen-bond acceptors (Lipinski definition) is 3. The van der Waals surface area contributed by atoms with Crippen LogP contribution in [0.25, 0.3) is 0 Å². The van der Waals surface area contributed by atoms with Crippen molar-refractivity contribution < 1.29 is 14.3 Å². The number of ether oxygens (including phenoxy) is 1. The van der Waals surface area contributed by atoms with Gasteiger partial charge in [-0.15, -0.1) is 0 Å². The highest BCUT2D eigenvalue weighted by atomic mass is 16.5. The van der Waals surface area contributed by atoms with Crippen LogP contribution in [-0.2, 0) is 4.79 Å². The van der Waals surface area contributed by atoms with Crippen molar-refractivity contribution in [2.75, 3.05) is 0 Å². The predicted molar refractivity (Wildman–Crippen MR) is 61.6 cm³/mol. The molecule has 3 nitrogen and oxygen atoms in total. The summed E-state index contributed by atoms with van der Waals surface area (Å²) >= 11 is 0. The molecule has 0 amide bonds. The van der Waals surface area contributed by atoms with Gasteiger partial charge in [0.05, 0.1) is 0 Å². The quantitative estimate of drug-likeness (QED) is 0.435. The summed E-state index contributed by atoms with van der Waals surface area (Å²) in [5, 5.41) is 0. The van der Waals surface area contributed by atoms with Crippen LogP contribution in [-0.4, -0.2) is 11.8 Å². The third-order valence-corrected chi connectivity index (χ3v) is 2.17. The van der Waals surface area contributed by atoms with E-state index in [0.717, 1.165) is 6.42 Å². The van der Waals surface area contributed by atoms with Gasteiger partial charge >= 0.3 is 5.97 Å². The average molecular weight is 220 g/mol. The molecule has 16 heavy (non-hydrogen) atoms. The second kappa shape index (κ2) is 6.05. The monoisotopic (exact) mass is 220 g/mol. The molecule has 0 N–H and O–H groups in total. The molecule has 0 fully saturated rings. The summed E-state index contributed by atoms with van der Waals surface area (Å²) < 4.78 is 5.01. The minimum atomic E-state index is -0.271. The molecule has 1 rings (SSSR count). The summed E-state index contributed by atoms with van der Waals surface area (Å²) in [5.41, 5.74) is 0.665. The zero-order valence-electron chi connectivity index (χ0n) is 9.66. The van der Waals surface area contributed by atoms with E-state index in [1.54, 1.807) is 31.2 Å². The Balaban J connectivity index is 2.67. The van der Waals surface area contributed by atoms with Crippen LogP contribution in [0.15, 0.2) is 24.3 Å². The SMILES string of the molecule is CCCC(=O)c1ccc(OC(=O)CC)cc1. The van der Waals surface area contributed by atoms with Crippen molar-refractivity contribution in [3.63, 3.8) is 0 Å². The summed E-state index contributed by atoms with van der Waals surface area (Å²) in [6.45, 7) is 3.71. The van der Waals surface area contributed by atoms with Crippen LogP contribution in [0, 0.1) is 0 Å². The van der Waals surface area contributed by atoms with Crippen molar-refractivity contribution in [1.82, 2.24) is 0 Å². The smallest absolute Gasteiger partial charge is 0.310 e. The molecule has 0 spiro atoms. The molecule has 86 valence electrons. The van der Waals surface area contributed by atoms with Gasteiger partial charge in [0, 0.05) is 18.4 Å². The maximum atomic E-state index is 11.5. The van der Waals surface area contributed by atoms with Gasteiger partial charge in [0.15, 0.2) is 5.78 Å². The Morgan fingerprint density at radius 3 is 2.25 bits per heavy atom. The first-order chi connectivity index (χ1) is 7.67. The molecule has 1 aromatic carbocycles. The number of carbonyl (C=O) groups is 2. The Hall–Kier alpha value is -1.64. The van der Waals surface area contributed by atoms with E-state index in [1.165, 1.54) is 0 Å². The fourth-order valence-corrected chi connectivity index (χ4v) is 1.28. The topological polar surface area (TPSA) is 43.4 Å². The van der Waals surface area contributed by atoms with Gasteiger partial charge in [-0.1, -0.05) is 13.8 Å². The summed E-state index contributed by atoms with van der Waals surface area (Å²) in [6, 6.07) is 6.68. The highest BCUT2D eigenvalue weighted by Crippen LogP contribution is 2.14. The van der Waals surface area contributed by atoms with Crippen molar-refractivity contribution in [1.29, 1.82) is 0 Å². The second-order valence-electron chi connectivity index (χ2n) is 3.53. The lowest BCUT2D eigenvalue weighted by Gasteiger charge is -2.03. The van der Waals surface area contributed by atoms with Gasteiger partial charge in [0.2, 0.25) is 0 Å². The molecule has 0 aromatic heterocycles. The predicted octanol–water partition coefficient (Wildman–Crippen LogP) is 2.98. The molecule has 1 aromatic rings. The van der Waals surface area contributed by atoms with Crippen LogP contribution < -0.4 is 4.74 Å². The Kier molecular flexibility index (Phi) is 4.70. The zero-order valence-corrected chi connectivity index (χ0v) is 9.66. The van der Waals surface area contributed by atoms with Crippen molar-refractivity contribution >= 4 is 11.8 Å². The molecule has 0 unspecified atom stereocenters. The highest BCUT2D eigenvalue weighted by molar-refractivity contribution is 5.96. The van der Waals surface area contributed by atoms with E-state index in [0.29, 0.717) is 24.2 Å². The van der Waals surface area contributed by atoms with Gasteiger partial charge in [-0.3, -0.25) is 9.59 Å². The Morgan fingerprint density at radius 1 is 1.12 bits per heavy atom. The number of benzene rings is 1. The van der Waals surface area contributed by atoms with Gasteiger partial charge in [0.1, 0.15) is 5.75 Å². The molecule has 0 aliphatic carbocycles. The Bertz CT molecular complexity index is 365. The van der Waals surface area contributed by atoms with E-state index in [-0.39, 0.29) is 11.8 Å². The average Bonchev–Trinajstić information content (AvgIpc) is 2.30. The Labute approximate surface area is 95.4 Å². The first-order valence-electron chi connectivity index (χ1n) is 5.51. The fourth-order valence-electron chi connectivity index (χ4n) is 1.28. The van der Waals surface area contributed by atoms with Crippen LogP contribution in [0.4, 0.5) is 0 Å². The molecule has 0 heterocycles. The molecule has 0 radical (unpaired) electrons. The summed E-state index contributed by atoms with van der Waals surface area (Å²) in [6.07, 6.45) is 1.73.